The molecule has 12 heteroatoms. The van der Waals surface area contributed by atoms with Gasteiger partial charge < -0.3 is 35.3 Å². The quantitative estimate of drug-likeness (QED) is 0.269. The molecular weight excluding hydrogens is 457 g/mol. The van der Waals surface area contributed by atoms with E-state index in [9.17, 15) is 24.5 Å². The van der Waals surface area contributed by atoms with Crippen LogP contribution in [-0.2, 0) is 5.97 Å². The lowest BCUT2D eigenvalue weighted by Gasteiger charge is -2.38. The number of carbonyl (C=O) groups excluding carboxylic acids is 1. The fourth-order valence-corrected chi connectivity index (χ4v) is 4.49. The molecule has 2 atom stereocenters. The third-order valence-electron chi connectivity index (χ3n) is 5.85. The lowest BCUT2D eigenvalue weighted by atomic mass is 10.1. The zero-order chi connectivity index (χ0) is 24.9. The molecule has 0 saturated carbocycles. The number of halogens is 1. The van der Waals surface area contributed by atoms with Gasteiger partial charge in [0.05, 0.1) is 16.9 Å². The molecule has 4 aromatic rings. The van der Waals surface area contributed by atoms with Crippen molar-refractivity contribution >= 4 is 34.0 Å². The van der Waals surface area contributed by atoms with Crippen LogP contribution in [0.15, 0.2) is 43.0 Å². The molecule has 1 aromatic carbocycles. The molecule has 1 fully saturated rings. The maximum atomic E-state index is 14.6. The number of pyridine rings is 1. The highest BCUT2D eigenvalue weighted by Gasteiger charge is 2.27. The number of benzene rings is 1. The van der Waals surface area contributed by atoms with Crippen molar-refractivity contribution in [3.8, 4) is 0 Å². The van der Waals surface area contributed by atoms with Gasteiger partial charge in [0.15, 0.2) is 11.5 Å². The van der Waals surface area contributed by atoms with Crippen LogP contribution in [0, 0.1) is 5.82 Å². The number of nitrogens with one attached hydrogen (secondary N) is 2. The van der Waals surface area contributed by atoms with Gasteiger partial charge in [-0.15, -0.1) is 0 Å². The van der Waals surface area contributed by atoms with Crippen molar-refractivity contribution in [2.24, 2.45) is 0 Å². The summed E-state index contributed by atoms with van der Waals surface area (Å²) in [6, 6.07) is 5.13. The third kappa shape index (κ3) is 4.39. The predicted octanol–water partition coefficient (Wildman–Crippen LogP) is 0.943. The maximum Gasteiger partial charge on any atom is 0.323 e. The molecule has 35 heavy (non-hydrogen) atoms. The van der Waals surface area contributed by atoms with E-state index < -0.39 is 23.4 Å². The van der Waals surface area contributed by atoms with E-state index in [-0.39, 0.29) is 29.0 Å². The zero-order valence-electron chi connectivity index (χ0n) is 19.0. The first-order valence-corrected chi connectivity index (χ1v) is 11.0. The number of imidazole rings is 1. The van der Waals surface area contributed by atoms with Gasteiger partial charge in [0, 0.05) is 56.0 Å². The number of anilines is 2. The van der Waals surface area contributed by atoms with Crippen molar-refractivity contribution in [2.45, 2.75) is 31.9 Å². The largest absolute Gasteiger partial charge is 0.367 e. The number of aliphatic hydroxyl groups is 3. The Morgan fingerprint density at radius 2 is 1.80 bits per heavy atom. The average Bonchev–Trinajstić information content (AvgIpc) is 3.23. The number of piperazine rings is 1. The van der Waals surface area contributed by atoms with Crippen LogP contribution in [0.5, 0.6) is 0 Å². The minimum absolute atomic E-state index is 0.0919. The second kappa shape index (κ2) is 8.50. The highest BCUT2D eigenvalue weighted by molar-refractivity contribution is 6.13. The van der Waals surface area contributed by atoms with E-state index in [0.717, 1.165) is 35.4 Å². The highest BCUT2D eigenvalue weighted by Crippen LogP contribution is 2.29. The minimum Gasteiger partial charge on any atom is -0.367 e. The molecule has 0 aliphatic carbocycles. The number of nitrogens with zero attached hydrogens (tertiary/aromatic N) is 5. The van der Waals surface area contributed by atoms with Gasteiger partial charge in [-0.25, -0.2) is 9.37 Å². The van der Waals surface area contributed by atoms with Crippen molar-refractivity contribution in [3.05, 3.63) is 60.1 Å². The number of amides is 1. The Bertz CT molecular complexity index is 1420. The van der Waals surface area contributed by atoms with Crippen LogP contribution in [-0.4, -0.2) is 65.8 Å². The molecule has 2 unspecified atom stereocenters. The summed E-state index contributed by atoms with van der Waals surface area (Å²) in [4.78, 5) is 27.9. The van der Waals surface area contributed by atoms with E-state index in [2.05, 4.69) is 44.3 Å². The number of aromatic nitrogens is 4. The molecule has 5 rings (SSSR count). The Labute approximate surface area is 198 Å². The van der Waals surface area contributed by atoms with Gasteiger partial charge in [-0.05, 0) is 26.0 Å². The van der Waals surface area contributed by atoms with E-state index in [0.29, 0.717) is 11.0 Å². The average molecular weight is 481 g/mol. The SMILES string of the molecule is CC1CN(c2ccc(C(=O)Nc3cc(F)c4nc(C(O)(O)O)cn4c3)c3nccnc23)CC(C)N1. The van der Waals surface area contributed by atoms with Crippen LogP contribution in [0.2, 0.25) is 0 Å². The number of rotatable bonds is 4. The summed E-state index contributed by atoms with van der Waals surface area (Å²) in [5.41, 5.74) is 1.43. The Balaban J connectivity index is 1.48. The third-order valence-corrected chi connectivity index (χ3v) is 5.85. The number of carbonyl (C=O) groups is 1. The van der Waals surface area contributed by atoms with E-state index in [1.165, 1.54) is 12.4 Å². The molecule has 1 aliphatic rings. The van der Waals surface area contributed by atoms with Crippen molar-refractivity contribution in [1.82, 2.24) is 24.7 Å². The summed E-state index contributed by atoms with van der Waals surface area (Å²) in [7, 11) is 0. The fraction of sp³-hybridized carbons (Fsp3) is 0.304. The standard InChI is InChI=1S/C23H24FN7O4/c1-12-8-30(9-13(2)27-12)17-4-3-15(19-20(17)26-6-5-25-19)22(32)28-14-7-16(24)21-29-18(23(33,34)35)11-31(21)10-14/h3-7,10-13,27,33-35H,8-9H2,1-2H3,(H,28,32). The first kappa shape index (κ1) is 23.1. The van der Waals surface area contributed by atoms with Gasteiger partial charge in [0.1, 0.15) is 16.7 Å². The minimum atomic E-state index is -3.22. The molecule has 1 aliphatic heterocycles. The predicted molar refractivity (Wildman–Crippen MR) is 125 cm³/mol. The first-order valence-electron chi connectivity index (χ1n) is 11.0. The second-order valence-electron chi connectivity index (χ2n) is 8.78. The van der Waals surface area contributed by atoms with E-state index >= 15 is 0 Å². The molecule has 5 N–H and O–H groups in total. The van der Waals surface area contributed by atoms with E-state index in [1.807, 2.05) is 6.07 Å². The van der Waals surface area contributed by atoms with Crippen LogP contribution in [0.25, 0.3) is 16.7 Å². The smallest absolute Gasteiger partial charge is 0.323 e. The number of hydrogen-bond acceptors (Lipinski definition) is 9. The van der Waals surface area contributed by atoms with Crippen molar-refractivity contribution < 1.29 is 24.5 Å². The topological polar surface area (TPSA) is 148 Å². The van der Waals surface area contributed by atoms with Crippen LogP contribution in [0.3, 0.4) is 0 Å². The Morgan fingerprint density at radius 1 is 1.11 bits per heavy atom. The monoisotopic (exact) mass is 481 g/mol. The van der Waals surface area contributed by atoms with E-state index in [4.69, 9.17) is 0 Å². The molecule has 0 bridgehead atoms. The number of fused-ring (bicyclic) bond motifs is 2. The molecule has 3 aromatic heterocycles. The summed E-state index contributed by atoms with van der Waals surface area (Å²) in [5.74, 6) is -4.58. The Kier molecular flexibility index (Phi) is 5.60. The lowest BCUT2D eigenvalue weighted by Crippen LogP contribution is -2.54. The van der Waals surface area contributed by atoms with Crippen molar-refractivity contribution in [3.63, 3.8) is 0 Å². The van der Waals surface area contributed by atoms with Gasteiger partial charge in [-0.2, -0.15) is 0 Å². The van der Waals surface area contributed by atoms with Crippen LogP contribution in [0.1, 0.15) is 29.9 Å². The summed E-state index contributed by atoms with van der Waals surface area (Å²) < 4.78 is 15.7. The summed E-state index contributed by atoms with van der Waals surface area (Å²) in [6.07, 6.45) is 5.46. The van der Waals surface area contributed by atoms with E-state index in [1.54, 1.807) is 12.3 Å². The second-order valence-corrected chi connectivity index (χ2v) is 8.78. The van der Waals surface area contributed by atoms with Gasteiger partial charge in [0.2, 0.25) is 0 Å². The Morgan fingerprint density at radius 3 is 2.49 bits per heavy atom. The molecular formula is C23H24FN7O4. The van der Waals surface area contributed by atoms with Gasteiger partial charge in [0.25, 0.3) is 5.91 Å². The first-order chi connectivity index (χ1) is 16.6. The number of hydrogen-bond donors (Lipinski definition) is 5. The maximum absolute atomic E-state index is 14.6. The molecule has 11 nitrogen and oxygen atoms in total. The van der Waals surface area contributed by atoms with Crippen LogP contribution in [0.4, 0.5) is 15.8 Å². The summed E-state index contributed by atoms with van der Waals surface area (Å²) >= 11 is 0. The molecule has 4 heterocycles. The van der Waals surface area contributed by atoms with Crippen LogP contribution < -0.4 is 15.5 Å². The van der Waals surface area contributed by atoms with Gasteiger partial charge in [-0.1, -0.05) is 0 Å². The Hall–Kier alpha value is -3.71. The molecule has 1 saturated heterocycles. The van der Waals surface area contributed by atoms with Gasteiger partial charge in [-0.3, -0.25) is 14.8 Å². The zero-order valence-corrected chi connectivity index (χ0v) is 19.0. The summed E-state index contributed by atoms with van der Waals surface area (Å²) in [5, 5.41) is 34.1. The normalized spacial score (nSPS) is 18.9. The molecule has 0 radical (unpaired) electrons. The van der Waals surface area contributed by atoms with Gasteiger partial charge >= 0.3 is 5.97 Å². The van der Waals surface area contributed by atoms with Crippen LogP contribution >= 0.6 is 0 Å². The molecule has 1 amide bonds. The summed E-state index contributed by atoms with van der Waals surface area (Å²) in [6.45, 7) is 5.79. The molecule has 182 valence electrons. The van der Waals surface area contributed by atoms with Crippen molar-refractivity contribution in [2.75, 3.05) is 23.3 Å². The van der Waals surface area contributed by atoms with Crippen molar-refractivity contribution in [1.29, 1.82) is 0 Å². The molecule has 0 spiro atoms. The highest BCUT2D eigenvalue weighted by atomic mass is 19.1. The fourth-order valence-electron chi connectivity index (χ4n) is 4.49. The lowest BCUT2D eigenvalue weighted by molar-refractivity contribution is -0.326.